The van der Waals surface area contributed by atoms with E-state index in [1.54, 1.807) is 0 Å². The lowest BCUT2D eigenvalue weighted by molar-refractivity contribution is -0.156. The maximum absolute atomic E-state index is 9.81. The molecule has 0 spiro atoms. The first-order valence-corrected chi connectivity index (χ1v) is 1.82. The van der Waals surface area contributed by atoms with Crippen LogP contribution in [-0.4, -0.2) is 11.9 Å². The predicted molar refractivity (Wildman–Crippen MR) is 22.4 cm³/mol. The monoisotopic (exact) mass is 104 g/mol. The summed E-state index contributed by atoms with van der Waals surface area (Å²) in [5.74, 6) is -1.12. The molecule has 0 aliphatic heterocycles. The van der Waals surface area contributed by atoms with Crippen molar-refractivity contribution >= 4 is 11.9 Å². The zero-order valence-electron chi connectivity index (χ0n) is 4.22. The fraction of sp³-hybridized carbons (Fsp3) is 0.500. The molecular weight excluding hydrogens is 98.0 g/mol. The SMILES string of the molecule is C[13C](=O)O[13C](C)=O. The van der Waals surface area contributed by atoms with Crippen LogP contribution in [0.1, 0.15) is 13.8 Å². The van der Waals surface area contributed by atoms with E-state index in [-0.39, 0.29) is 0 Å². The lowest BCUT2D eigenvalue weighted by atomic mass is 11.2. The van der Waals surface area contributed by atoms with Crippen LogP contribution in [0.3, 0.4) is 0 Å². The van der Waals surface area contributed by atoms with Crippen LogP contribution >= 0.6 is 0 Å². The highest BCUT2D eigenvalue weighted by Gasteiger charge is 1.93. The van der Waals surface area contributed by atoms with Gasteiger partial charge in [-0.3, -0.25) is 9.59 Å². The lowest BCUT2D eigenvalue weighted by Gasteiger charge is -1.87. The molecule has 0 aromatic heterocycles. The van der Waals surface area contributed by atoms with Crippen LogP contribution in [0.5, 0.6) is 0 Å². The summed E-state index contributed by atoms with van der Waals surface area (Å²) in [6.45, 7) is 2.36. The van der Waals surface area contributed by atoms with Gasteiger partial charge in [-0.15, -0.1) is 0 Å². The molecule has 0 saturated carbocycles. The summed E-state index contributed by atoms with van der Waals surface area (Å²) < 4.78 is 3.97. The Kier molecular flexibility index (Phi) is 2.05. The molecular formula is C4H6O3. The van der Waals surface area contributed by atoms with Gasteiger partial charge in [0, 0.05) is 13.8 Å². The quantitative estimate of drug-likeness (QED) is 0.248. The normalized spacial score (nSPS) is 7.71. The van der Waals surface area contributed by atoms with E-state index in [9.17, 15) is 9.59 Å². The van der Waals surface area contributed by atoms with Gasteiger partial charge in [0.05, 0.1) is 0 Å². The van der Waals surface area contributed by atoms with Crippen molar-refractivity contribution in [2.45, 2.75) is 13.8 Å². The van der Waals surface area contributed by atoms with Crippen LogP contribution in [0.2, 0.25) is 0 Å². The minimum Gasteiger partial charge on any atom is -0.394 e. The van der Waals surface area contributed by atoms with Gasteiger partial charge in [-0.25, -0.2) is 0 Å². The topological polar surface area (TPSA) is 43.4 Å². The lowest BCUT2D eigenvalue weighted by Crippen LogP contribution is -2.03. The number of carbonyl (C=O) groups excluding carboxylic acids is 2. The Hall–Kier alpha value is -0.860. The summed E-state index contributed by atoms with van der Waals surface area (Å²) in [6, 6.07) is 0. The molecule has 0 aromatic rings. The van der Waals surface area contributed by atoms with Gasteiger partial charge in [-0.05, 0) is 0 Å². The zero-order valence-corrected chi connectivity index (χ0v) is 4.22. The molecule has 3 heteroatoms. The second-order valence-electron chi connectivity index (χ2n) is 1.09. The molecule has 0 heterocycles. The Balaban J connectivity index is 3.32. The van der Waals surface area contributed by atoms with Crippen LogP contribution in [0.25, 0.3) is 0 Å². The van der Waals surface area contributed by atoms with E-state index in [0.29, 0.717) is 0 Å². The highest BCUT2D eigenvalue weighted by molar-refractivity contribution is 5.82. The van der Waals surface area contributed by atoms with Crippen LogP contribution in [-0.2, 0) is 14.3 Å². The minimum absolute atomic E-state index is 0.562. The molecule has 0 amide bonds. The van der Waals surface area contributed by atoms with Gasteiger partial charge in [0.25, 0.3) is 0 Å². The van der Waals surface area contributed by atoms with Crippen molar-refractivity contribution in [2.24, 2.45) is 0 Å². The third kappa shape index (κ3) is 5.14. The van der Waals surface area contributed by atoms with Gasteiger partial charge in [0.2, 0.25) is 0 Å². The maximum atomic E-state index is 9.81. The van der Waals surface area contributed by atoms with Crippen LogP contribution in [0.4, 0.5) is 0 Å². The highest BCUT2D eigenvalue weighted by atomic mass is 16.7. The first-order valence-electron chi connectivity index (χ1n) is 1.82. The first-order chi connectivity index (χ1) is 3.13. The van der Waals surface area contributed by atoms with E-state index in [0.717, 1.165) is 0 Å². The Morgan fingerprint density at radius 3 is 1.43 bits per heavy atom. The van der Waals surface area contributed by atoms with Gasteiger partial charge in [0.15, 0.2) is 0 Å². The highest BCUT2D eigenvalue weighted by Crippen LogP contribution is 1.73. The zero-order chi connectivity index (χ0) is 5.86. The molecule has 0 N–H and O–H groups in total. The fourth-order valence-electron chi connectivity index (χ4n) is 0.202. The Labute approximate surface area is 41.3 Å². The van der Waals surface area contributed by atoms with Crippen molar-refractivity contribution in [3.63, 3.8) is 0 Å². The van der Waals surface area contributed by atoms with E-state index >= 15 is 0 Å². The fourth-order valence-corrected chi connectivity index (χ4v) is 0.202. The van der Waals surface area contributed by atoms with E-state index in [1.807, 2.05) is 0 Å². The molecule has 0 aliphatic rings. The number of hydrogen-bond acceptors (Lipinski definition) is 3. The second-order valence-corrected chi connectivity index (χ2v) is 1.09. The maximum Gasteiger partial charge on any atom is 0.310 e. The molecule has 0 atom stereocenters. The third-order valence-electron chi connectivity index (χ3n) is 0.287. The van der Waals surface area contributed by atoms with Crippen LogP contribution in [0, 0.1) is 0 Å². The largest absolute Gasteiger partial charge is 0.394 e. The molecule has 0 fully saturated rings. The average Bonchev–Trinajstić information content (AvgIpc) is 1.27. The average molecular weight is 104 g/mol. The van der Waals surface area contributed by atoms with Crippen molar-refractivity contribution in [3.8, 4) is 0 Å². The van der Waals surface area contributed by atoms with Gasteiger partial charge >= 0.3 is 11.9 Å². The van der Waals surface area contributed by atoms with E-state index in [2.05, 4.69) is 4.74 Å². The number of ether oxygens (including phenoxy) is 1. The molecule has 3 nitrogen and oxygen atoms in total. The standard InChI is InChI=1S/C4H6O3/c1-3(5)7-4(2)6/h1-2H3/i3+1,4+1. The molecule has 0 radical (unpaired) electrons. The van der Waals surface area contributed by atoms with Crippen molar-refractivity contribution in [1.29, 1.82) is 0 Å². The molecule has 0 bridgehead atoms. The van der Waals surface area contributed by atoms with Gasteiger partial charge < -0.3 is 4.74 Å². The van der Waals surface area contributed by atoms with Crippen LogP contribution < -0.4 is 0 Å². The van der Waals surface area contributed by atoms with Gasteiger partial charge in [-0.2, -0.15) is 0 Å². The third-order valence-corrected chi connectivity index (χ3v) is 0.287. The predicted octanol–water partition coefficient (Wildman–Crippen LogP) is 0.0960. The summed E-state index contributed by atoms with van der Waals surface area (Å²) in [5, 5.41) is 0. The molecule has 0 aromatic carbocycles. The first kappa shape index (κ1) is 6.14. The smallest absolute Gasteiger partial charge is 0.310 e. The number of carbonyl (C=O) groups is 2. The van der Waals surface area contributed by atoms with Crippen molar-refractivity contribution < 1.29 is 14.3 Å². The van der Waals surface area contributed by atoms with E-state index in [4.69, 9.17) is 0 Å². The summed E-state index contributed by atoms with van der Waals surface area (Å²) in [4.78, 5) is 19.6. The molecule has 7 heavy (non-hydrogen) atoms. The Bertz CT molecular complexity index is 83.1. The van der Waals surface area contributed by atoms with E-state index in [1.165, 1.54) is 13.8 Å². The molecule has 0 rings (SSSR count). The summed E-state index contributed by atoms with van der Waals surface area (Å²) >= 11 is 0. The van der Waals surface area contributed by atoms with Gasteiger partial charge in [-0.1, -0.05) is 0 Å². The summed E-state index contributed by atoms with van der Waals surface area (Å²) in [6.07, 6.45) is 0. The molecule has 0 saturated heterocycles. The molecule has 40 valence electrons. The van der Waals surface area contributed by atoms with E-state index < -0.39 is 11.9 Å². The second kappa shape index (κ2) is 2.34. The van der Waals surface area contributed by atoms with Crippen LogP contribution in [0.15, 0.2) is 0 Å². The number of esters is 2. The van der Waals surface area contributed by atoms with Crippen molar-refractivity contribution in [1.82, 2.24) is 0 Å². The van der Waals surface area contributed by atoms with Crippen molar-refractivity contribution in [3.05, 3.63) is 0 Å². The summed E-state index contributed by atoms with van der Waals surface area (Å²) in [7, 11) is 0. The Morgan fingerprint density at radius 1 is 1.14 bits per heavy atom. The minimum atomic E-state index is -0.562. The molecule has 0 unspecified atom stereocenters. The van der Waals surface area contributed by atoms with Crippen molar-refractivity contribution in [2.75, 3.05) is 0 Å². The number of rotatable bonds is 0. The summed E-state index contributed by atoms with van der Waals surface area (Å²) in [5.41, 5.74) is 0. The number of hydrogen-bond donors (Lipinski definition) is 0. The Morgan fingerprint density at radius 2 is 1.43 bits per heavy atom. The van der Waals surface area contributed by atoms with Gasteiger partial charge in [0.1, 0.15) is 0 Å². The molecule has 0 aliphatic carbocycles.